The van der Waals surface area contributed by atoms with Crippen molar-refractivity contribution in [3.63, 3.8) is 0 Å². The number of aromatic nitrogens is 3. The third-order valence-electron chi connectivity index (χ3n) is 4.22. The number of amides is 2. The summed E-state index contributed by atoms with van der Waals surface area (Å²) in [6.45, 7) is 0. The number of hydrogen-bond donors (Lipinski definition) is 2. The Labute approximate surface area is 144 Å². The minimum atomic E-state index is -0.326. The van der Waals surface area contributed by atoms with Crippen LogP contribution in [0.5, 0.6) is 0 Å². The van der Waals surface area contributed by atoms with E-state index in [0.717, 1.165) is 24.3 Å². The van der Waals surface area contributed by atoms with Gasteiger partial charge in [0.15, 0.2) is 0 Å². The first-order valence-electron chi connectivity index (χ1n) is 8.20. The standard InChI is InChI=1S/C18H17N5O2/c24-18(21-15-5-2-10-19-11-15)20-14-8-6-12(7-9-14)16-22-17(25-23-16)13-3-1-4-13/h2,5-11,13H,1,3-4H2,(H2,20,21,24). The highest BCUT2D eigenvalue weighted by molar-refractivity contribution is 5.99. The Kier molecular flexibility index (Phi) is 4.12. The van der Waals surface area contributed by atoms with Crippen molar-refractivity contribution in [1.29, 1.82) is 0 Å². The molecular weight excluding hydrogens is 318 g/mol. The van der Waals surface area contributed by atoms with E-state index in [-0.39, 0.29) is 6.03 Å². The van der Waals surface area contributed by atoms with Crippen molar-refractivity contribution in [3.05, 3.63) is 54.7 Å². The van der Waals surface area contributed by atoms with Gasteiger partial charge in [0, 0.05) is 23.4 Å². The van der Waals surface area contributed by atoms with Gasteiger partial charge in [0.2, 0.25) is 11.7 Å². The summed E-state index contributed by atoms with van der Waals surface area (Å²) in [4.78, 5) is 20.4. The lowest BCUT2D eigenvalue weighted by Gasteiger charge is -2.20. The molecule has 2 heterocycles. The Bertz CT molecular complexity index is 857. The minimum absolute atomic E-state index is 0.326. The van der Waals surface area contributed by atoms with Crippen molar-refractivity contribution < 1.29 is 9.32 Å². The van der Waals surface area contributed by atoms with Crippen molar-refractivity contribution in [3.8, 4) is 11.4 Å². The van der Waals surface area contributed by atoms with Gasteiger partial charge in [0.1, 0.15) is 0 Å². The zero-order valence-corrected chi connectivity index (χ0v) is 13.5. The summed E-state index contributed by atoms with van der Waals surface area (Å²) < 4.78 is 5.34. The second kappa shape index (κ2) is 6.72. The van der Waals surface area contributed by atoms with E-state index in [4.69, 9.17) is 4.52 Å². The van der Waals surface area contributed by atoms with Crippen LogP contribution in [0.1, 0.15) is 31.1 Å². The summed E-state index contributed by atoms with van der Waals surface area (Å²) in [6, 6.07) is 10.5. The molecule has 0 radical (unpaired) electrons. The van der Waals surface area contributed by atoms with Crippen molar-refractivity contribution >= 4 is 17.4 Å². The van der Waals surface area contributed by atoms with Crippen molar-refractivity contribution in [2.45, 2.75) is 25.2 Å². The molecule has 1 saturated carbocycles. The van der Waals surface area contributed by atoms with Crippen LogP contribution in [-0.2, 0) is 0 Å². The van der Waals surface area contributed by atoms with Gasteiger partial charge in [-0.05, 0) is 49.2 Å². The number of rotatable bonds is 4. The number of nitrogens with zero attached hydrogens (tertiary/aromatic N) is 3. The van der Waals surface area contributed by atoms with E-state index in [0.29, 0.717) is 23.1 Å². The molecule has 2 aromatic heterocycles. The molecule has 3 aromatic rings. The molecule has 1 aliphatic rings. The molecule has 0 spiro atoms. The van der Waals surface area contributed by atoms with E-state index < -0.39 is 0 Å². The number of benzene rings is 1. The van der Waals surface area contributed by atoms with Gasteiger partial charge in [0.25, 0.3) is 0 Å². The predicted molar refractivity (Wildman–Crippen MR) is 93.2 cm³/mol. The molecule has 1 aromatic carbocycles. The van der Waals surface area contributed by atoms with E-state index >= 15 is 0 Å². The number of pyridine rings is 1. The van der Waals surface area contributed by atoms with Crippen molar-refractivity contribution in [2.75, 3.05) is 10.6 Å². The van der Waals surface area contributed by atoms with Crippen LogP contribution in [0.15, 0.2) is 53.3 Å². The Morgan fingerprint density at radius 3 is 2.56 bits per heavy atom. The molecule has 0 atom stereocenters. The van der Waals surface area contributed by atoms with Gasteiger partial charge in [-0.3, -0.25) is 4.98 Å². The van der Waals surface area contributed by atoms with Gasteiger partial charge in [-0.1, -0.05) is 11.6 Å². The lowest BCUT2D eigenvalue weighted by atomic mass is 9.85. The summed E-state index contributed by atoms with van der Waals surface area (Å²) in [6.07, 6.45) is 6.70. The van der Waals surface area contributed by atoms with Crippen LogP contribution in [0.4, 0.5) is 16.2 Å². The lowest BCUT2D eigenvalue weighted by molar-refractivity contribution is 0.262. The van der Waals surface area contributed by atoms with Crippen molar-refractivity contribution in [2.24, 2.45) is 0 Å². The molecular formula is C18H17N5O2. The second-order valence-corrected chi connectivity index (χ2v) is 5.98. The molecule has 0 unspecified atom stereocenters. The first-order chi connectivity index (χ1) is 12.3. The molecule has 4 rings (SSSR count). The fourth-order valence-electron chi connectivity index (χ4n) is 2.61. The predicted octanol–water partition coefficient (Wildman–Crippen LogP) is 4.04. The molecule has 7 nitrogen and oxygen atoms in total. The molecule has 7 heteroatoms. The Balaban J connectivity index is 1.39. The van der Waals surface area contributed by atoms with Gasteiger partial charge in [-0.15, -0.1) is 0 Å². The van der Waals surface area contributed by atoms with Crippen LogP contribution in [-0.4, -0.2) is 21.2 Å². The molecule has 1 aliphatic carbocycles. The SMILES string of the molecule is O=C(Nc1ccc(-c2noc(C3CCC3)n2)cc1)Nc1cccnc1. The molecule has 0 bridgehead atoms. The summed E-state index contributed by atoms with van der Waals surface area (Å²) in [5.74, 6) is 1.71. The van der Waals surface area contributed by atoms with Gasteiger partial charge < -0.3 is 15.2 Å². The molecule has 1 fully saturated rings. The molecule has 25 heavy (non-hydrogen) atoms. The normalized spacial score (nSPS) is 13.9. The summed E-state index contributed by atoms with van der Waals surface area (Å²) in [7, 11) is 0. The number of carbonyl (C=O) groups excluding carboxylic acids is 1. The van der Waals surface area contributed by atoms with Gasteiger partial charge >= 0.3 is 6.03 Å². The monoisotopic (exact) mass is 335 g/mol. The Hall–Kier alpha value is -3.22. The summed E-state index contributed by atoms with van der Waals surface area (Å²) in [5, 5.41) is 9.52. The molecule has 0 aliphatic heterocycles. The largest absolute Gasteiger partial charge is 0.339 e. The van der Waals surface area contributed by atoms with Crippen LogP contribution < -0.4 is 10.6 Å². The number of nitrogens with one attached hydrogen (secondary N) is 2. The maximum Gasteiger partial charge on any atom is 0.323 e. The second-order valence-electron chi connectivity index (χ2n) is 5.98. The number of urea groups is 1. The Morgan fingerprint density at radius 2 is 1.88 bits per heavy atom. The average Bonchev–Trinajstić information content (AvgIpc) is 3.04. The first-order valence-corrected chi connectivity index (χ1v) is 8.20. The van der Waals surface area contributed by atoms with Gasteiger partial charge in [0.05, 0.1) is 11.9 Å². The molecule has 0 saturated heterocycles. The van der Waals surface area contributed by atoms with E-state index in [1.807, 2.05) is 12.1 Å². The zero-order valence-electron chi connectivity index (χ0n) is 13.5. The van der Waals surface area contributed by atoms with E-state index in [9.17, 15) is 4.79 Å². The van der Waals surface area contributed by atoms with Gasteiger partial charge in [-0.2, -0.15) is 4.98 Å². The van der Waals surface area contributed by atoms with Crippen molar-refractivity contribution in [1.82, 2.24) is 15.1 Å². The lowest BCUT2D eigenvalue weighted by Crippen LogP contribution is -2.19. The third-order valence-corrected chi connectivity index (χ3v) is 4.22. The maximum atomic E-state index is 12.0. The highest BCUT2D eigenvalue weighted by Gasteiger charge is 2.25. The van der Waals surface area contributed by atoms with Crippen LogP contribution in [0.25, 0.3) is 11.4 Å². The fraction of sp³-hybridized carbons (Fsp3) is 0.222. The minimum Gasteiger partial charge on any atom is -0.339 e. The van der Waals surface area contributed by atoms with Crippen LogP contribution in [0.2, 0.25) is 0 Å². The van der Waals surface area contributed by atoms with Crippen LogP contribution in [0, 0.1) is 0 Å². The smallest absolute Gasteiger partial charge is 0.323 e. The molecule has 2 amide bonds. The quantitative estimate of drug-likeness (QED) is 0.750. The highest BCUT2D eigenvalue weighted by atomic mass is 16.5. The Morgan fingerprint density at radius 1 is 1.08 bits per heavy atom. The summed E-state index contributed by atoms with van der Waals surface area (Å²) >= 11 is 0. The van der Waals surface area contributed by atoms with E-state index in [1.54, 1.807) is 36.7 Å². The first kappa shape index (κ1) is 15.3. The number of hydrogen-bond acceptors (Lipinski definition) is 5. The van der Waals surface area contributed by atoms with Gasteiger partial charge in [-0.25, -0.2) is 4.79 Å². The summed E-state index contributed by atoms with van der Waals surface area (Å²) in [5.41, 5.74) is 2.16. The van der Waals surface area contributed by atoms with E-state index in [2.05, 4.69) is 25.8 Å². The van der Waals surface area contributed by atoms with Crippen LogP contribution >= 0.6 is 0 Å². The molecule has 126 valence electrons. The number of carbonyl (C=O) groups is 1. The highest BCUT2D eigenvalue weighted by Crippen LogP contribution is 2.36. The topological polar surface area (TPSA) is 92.9 Å². The zero-order chi connectivity index (χ0) is 17.1. The third kappa shape index (κ3) is 3.50. The number of anilines is 2. The fourth-order valence-corrected chi connectivity index (χ4v) is 2.61. The van der Waals surface area contributed by atoms with E-state index in [1.165, 1.54) is 6.42 Å². The molecule has 2 N–H and O–H groups in total. The van der Waals surface area contributed by atoms with Crippen LogP contribution in [0.3, 0.4) is 0 Å². The average molecular weight is 335 g/mol. The maximum absolute atomic E-state index is 12.0.